The van der Waals surface area contributed by atoms with E-state index in [0.717, 1.165) is 43.4 Å². The fourth-order valence-electron chi connectivity index (χ4n) is 3.50. The lowest BCUT2D eigenvalue weighted by Crippen LogP contribution is -2.40. The molecule has 3 heterocycles. The summed E-state index contributed by atoms with van der Waals surface area (Å²) in [5, 5.41) is 11.5. The summed E-state index contributed by atoms with van der Waals surface area (Å²) in [6, 6.07) is 9.46. The zero-order valence-corrected chi connectivity index (χ0v) is 16.7. The number of fused-ring (bicyclic) bond motifs is 1. The lowest BCUT2D eigenvalue weighted by atomic mass is 9.98. The minimum Gasteiger partial charge on any atom is -0.483 e. The van der Waals surface area contributed by atoms with Crippen LogP contribution in [0.4, 0.5) is 5.13 Å². The summed E-state index contributed by atoms with van der Waals surface area (Å²) < 4.78 is 5.63. The maximum atomic E-state index is 12.4. The monoisotopic (exact) mass is 416 g/mol. The second kappa shape index (κ2) is 10.0. The van der Waals surface area contributed by atoms with E-state index in [1.165, 1.54) is 4.88 Å². The third-order valence-electron chi connectivity index (χ3n) is 4.75. The van der Waals surface area contributed by atoms with Crippen molar-refractivity contribution in [1.29, 1.82) is 0 Å². The van der Waals surface area contributed by atoms with Gasteiger partial charge in [-0.15, -0.1) is 11.3 Å². The zero-order valence-electron chi connectivity index (χ0n) is 15.9. The van der Waals surface area contributed by atoms with Crippen molar-refractivity contribution in [2.75, 3.05) is 25.4 Å². The molecule has 4 N–H and O–H groups in total. The molecule has 8 nitrogen and oxygen atoms in total. The Morgan fingerprint density at radius 3 is 2.97 bits per heavy atom. The highest BCUT2D eigenvalue weighted by Crippen LogP contribution is 2.22. The number of furan rings is 1. The summed E-state index contributed by atoms with van der Waals surface area (Å²) >= 11 is 1.54. The summed E-state index contributed by atoms with van der Waals surface area (Å²) in [6.45, 7) is 3.34. The van der Waals surface area contributed by atoms with Crippen molar-refractivity contribution in [1.82, 2.24) is 15.2 Å². The second-order valence-electron chi connectivity index (χ2n) is 6.87. The number of piperidine rings is 1. The molecule has 1 saturated heterocycles. The van der Waals surface area contributed by atoms with Crippen molar-refractivity contribution in [3.63, 3.8) is 0 Å². The Labute approximate surface area is 172 Å². The number of nitrogens with one attached hydrogen (secondary N) is 1. The molecule has 1 aliphatic heterocycles. The molecule has 9 heteroatoms. The largest absolute Gasteiger partial charge is 0.483 e. The number of anilines is 1. The molecule has 0 spiro atoms. The minimum absolute atomic E-state index is 0.145. The highest BCUT2D eigenvalue weighted by molar-refractivity contribution is 7.15. The average molecular weight is 417 g/mol. The van der Waals surface area contributed by atoms with Crippen LogP contribution in [0.25, 0.3) is 11.0 Å². The number of hydrogen-bond acceptors (Lipinski definition) is 7. The number of carbonyl (C=O) groups excluding carboxylic acids is 1. The number of benzene rings is 1. The third kappa shape index (κ3) is 5.78. The standard InChI is InChI=1S/C19H22N4O2S.CH2O2/c20-19-22-10-15(26-19)12-23-7-3-4-13(11-23)9-21-18(24)17-8-14-5-1-2-6-16(14)25-17;2-1-3/h1-2,5-6,8,10,13H,3-4,7,9,11-12H2,(H2,20,22)(H,21,24);1H,(H,2,3). The molecule has 0 bridgehead atoms. The number of carboxylic acid groups (broad SMARTS) is 1. The Hall–Kier alpha value is -2.91. The van der Waals surface area contributed by atoms with Crippen LogP contribution in [0, 0.1) is 5.92 Å². The first kappa shape index (κ1) is 20.8. The minimum atomic E-state index is -0.250. The molecule has 0 aliphatic carbocycles. The number of carbonyl (C=O) groups is 2. The first-order chi connectivity index (χ1) is 14.1. The molecule has 0 radical (unpaired) electrons. The highest BCUT2D eigenvalue weighted by Gasteiger charge is 2.22. The highest BCUT2D eigenvalue weighted by atomic mass is 32.1. The van der Waals surface area contributed by atoms with Crippen molar-refractivity contribution >= 4 is 39.8 Å². The van der Waals surface area contributed by atoms with Crippen LogP contribution < -0.4 is 11.1 Å². The van der Waals surface area contributed by atoms with Crippen LogP contribution in [0.3, 0.4) is 0 Å². The van der Waals surface area contributed by atoms with Crippen LogP contribution in [-0.2, 0) is 11.3 Å². The van der Waals surface area contributed by atoms with Crippen molar-refractivity contribution in [3.8, 4) is 0 Å². The number of aromatic nitrogens is 1. The van der Waals surface area contributed by atoms with Gasteiger partial charge in [-0.25, -0.2) is 4.98 Å². The Kier molecular flexibility index (Phi) is 7.20. The number of likely N-dealkylation sites (tertiary alicyclic amines) is 1. The summed E-state index contributed by atoms with van der Waals surface area (Å²) in [5.74, 6) is 0.676. The lowest BCUT2D eigenvalue weighted by Gasteiger charge is -2.32. The molecule has 1 unspecified atom stereocenters. The number of nitrogens with two attached hydrogens (primary N) is 1. The summed E-state index contributed by atoms with van der Waals surface area (Å²) in [4.78, 5) is 28.5. The van der Waals surface area contributed by atoms with Crippen LogP contribution in [0.1, 0.15) is 28.3 Å². The lowest BCUT2D eigenvalue weighted by molar-refractivity contribution is -0.122. The molecule has 0 saturated carbocycles. The van der Waals surface area contributed by atoms with Gasteiger partial charge in [-0.1, -0.05) is 18.2 Å². The van der Waals surface area contributed by atoms with E-state index >= 15 is 0 Å². The first-order valence-electron chi connectivity index (χ1n) is 9.36. The summed E-state index contributed by atoms with van der Waals surface area (Å²) in [7, 11) is 0. The van der Waals surface area contributed by atoms with E-state index in [0.29, 0.717) is 23.4 Å². The fourth-order valence-corrected chi connectivity index (χ4v) is 4.22. The number of nitrogens with zero attached hydrogens (tertiary/aromatic N) is 2. The maximum absolute atomic E-state index is 12.4. The zero-order chi connectivity index (χ0) is 20.6. The molecule has 1 atom stereocenters. The van der Waals surface area contributed by atoms with Crippen LogP contribution in [-0.4, -0.2) is 47.0 Å². The third-order valence-corrected chi connectivity index (χ3v) is 5.57. The van der Waals surface area contributed by atoms with E-state index in [-0.39, 0.29) is 12.4 Å². The Bertz CT molecular complexity index is 922. The number of thiazole rings is 1. The first-order valence-corrected chi connectivity index (χ1v) is 10.2. The Morgan fingerprint density at radius 1 is 1.45 bits per heavy atom. The Balaban J connectivity index is 0.000000755. The van der Waals surface area contributed by atoms with E-state index in [1.807, 2.05) is 30.5 Å². The van der Waals surface area contributed by atoms with Crippen molar-refractivity contribution in [3.05, 3.63) is 47.2 Å². The SMILES string of the molecule is Nc1ncc(CN2CCCC(CNC(=O)c3cc4ccccc4o3)C2)s1.O=CO. The van der Waals surface area contributed by atoms with E-state index in [1.54, 1.807) is 17.4 Å². The number of para-hydroxylation sites is 1. The molecule has 2 aromatic heterocycles. The van der Waals surface area contributed by atoms with Gasteiger partial charge in [0, 0.05) is 36.1 Å². The van der Waals surface area contributed by atoms with Gasteiger partial charge >= 0.3 is 0 Å². The molecular formula is C20H24N4O4S. The second-order valence-corrected chi connectivity index (χ2v) is 8.02. The smallest absolute Gasteiger partial charge is 0.290 e. The van der Waals surface area contributed by atoms with Gasteiger partial charge in [-0.05, 0) is 37.4 Å². The predicted molar refractivity (Wildman–Crippen MR) is 112 cm³/mol. The molecule has 1 amide bonds. The molecule has 1 fully saturated rings. The normalized spacial score (nSPS) is 16.8. The molecule has 4 rings (SSSR count). The van der Waals surface area contributed by atoms with E-state index < -0.39 is 0 Å². The van der Waals surface area contributed by atoms with Gasteiger partial charge in [0.2, 0.25) is 0 Å². The van der Waals surface area contributed by atoms with Gasteiger partial charge in [0.15, 0.2) is 10.9 Å². The topological polar surface area (TPSA) is 122 Å². The summed E-state index contributed by atoms with van der Waals surface area (Å²) in [6.07, 6.45) is 4.12. The fraction of sp³-hybridized carbons (Fsp3) is 0.350. The molecule has 3 aromatic rings. The van der Waals surface area contributed by atoms with E-state index in [2.05, 4.69) is 15.2 Å². The van der Waals surface area contributed by atoms with Crippen LogP contribution in [0.2, 0.25) is 0 Å². The van der Waals surface area contributed by atoms with Crippen molar-refractivity contribution in [2.45, 2.75) is 19.4 Å². The van der Waals surface area contributed by atoms with Gasteiger partial charge in [0.05, 0.1) is 0 Å². The molecule has 29 heavy (non-hydrogen) atoms. The van der Waals surface area contributed by atoms with Crippen LogP contribution in [0.5, 0.6) is 0 Å². The predicted octanol–water partition coefficient (Wildman–Crippen LogP) is 2.81. The van der Waals surface area contributed by atoms with E-state index in [4.69, 9.17) is 20.1 Å². The molecule has 1 aliphatic rings. The molecule has 154 valence electrons. The molecule has 1 aromatic carbocycles. The number of amides is 1. The van der Waals surface area contributed by atoms with Gasteiger partial charge in [-0.2, -0.15) is 0 Å². The summed E-state index contributed by atoms with van der Waals surface area (Å²) in [5.41, 5.74) is 6.45. The van der Waals surface area contributed by atoms with Gasteiger partial charge < -0.3 is 20.6 Å². The number of nitrogen functional groups attached to an aromatic ring is 1. The molecular weight excluding hydrogens is 392 g/mol. The van der Waals surface area contributed by atoms with Gasteiger partial charge in [0.1, 0.15) is 5.58 Å². The average Bonchev–Trinajstić information content (AvgIpc) is 3.33. The van der Waals surface area contributed by atoms with Crippen LogP contribution >= 0.6 is 11.3 Å². The van der Waals surface area contributed by atoms with Gasteiger partial charge in [-0.3, -0.25) is 14.5 Å². The van der Waals surface area contributed by atoms with Crippen molar-refractivity contribution < 1.29 is 19.1 Å². The number of hydrogen-bond donors (Lipinski definition) is 3. The quantitative estimate of drug-likeness (QED) is 0.547. The number of rotatable bonds is 5. The van der Waals surface area contributed by atoms with Crippen molar-refractivity contribution in [2.24, 2.45) is 5.92 Å². The Morgan fingerprint density at radius 2 is 2.24 bits per heavy atom. The maximum Gasteiger partial charge on any atom is 0.290 e. The van der Waals surface area contributed by atoms with E-state index in [9.17, 15) is 4.79 Å². The van der Waals surface area contributed by atoms with Crippen LogP contribution in [0.15, 0.2) is 40.9 Å². The van der Waals surface area contributed by atoms with Gasteiger partial charge in [0.25, 0.3) is 12.4 Å².